The molecule has 4 heteroatoms. The lowest BCUT2D eigenvalue weighted by Crippen LogP contribution is -2.44. The van der Waals surface area contributed by atoms with Crippen LogP contribution in [0.25, 0.3) is 0 Å². The highest BCUT2D eigenvalue weighted by molar-refractivity contribution is 8.00. The second-order valence-corrected chi connectivity index (χ2v) is 5.01. The molecule has 0 aromatic heterocycles. The van der Waals surface area contributed by atoms with Crippen molar-refractivity contribution in [1.29, 1.82) is 0 Å². The highest BCUT2D eigenvalue weighted by Gasteiger charge is 2.13. The molecule has 1 atom stereocenters. The molecule has 0 saturated carbocycles. The summed E-state index contributed by atoms with van der Waals surface area (Å²) in [6.07, 6.45) is 4.03. The minimum atomic E-state index is 0.665. The molecule has 0 spiro atoms. The predicted molar refractivity (Wildman–Crippen MR) is 63.3 cm³/mol. The summed E-state index contributed by atoms with van der Waals surface area (Å²) >= 11 is 1.98. The van der Waals surface area contributed by atoms with Crippen molar-refractivity contribution >= 4 is 17.6 Å². The second kappa shape index (κ2) is 5.61. The summed E-state index contributed by atoms with van der Waals surface area (Å²) in [7, 11) is 0. The molecule has 0 amide bonds. The van der Waals surface area contributed by atoms with E-state index in [-0.39, 0.29) is 0 Å². The largest absolute Gasteiger partial charge is 0.372 e. The summed E-state index contributed by atoms with van der Waals surface area (Å²) in [5, 5.41) is 6.99. The van der Waals surface area contributed by atoms with Crippen molar-refractivity contribution in [3.63, 3.8) is 0 Å². The van der Waals surface area contributed by atoms with Crippen molar-refractivity contribution in [3.8, 4) is 0 Å². The third kappa shape index (κ3) is 3.17. The van der Waals surface area contributed by atoms with Gasteiger partial charge in [-0.2, -0.15) is 11.8 Å². The van der Waals surface area contributed by atoms with Gasteiger partial charge in [-0.25, -0.2) is 0 Å². The van der Waals surface area contributed by atoms with Gasteiger partial charge in [-0.15, -0.1) is 0 Å². The Labute approximate surface area is 90.1 Å². The summed E-state index contributed by atoms with van der Waals surface area (Å²) in [6, 6.07) is 0.665. The predicted octanol–water partition coefficient (Wildman–Crippen LogP) is 0.863. The Hall–Kier alpha value is -0.220. The second-order valence-electron chi connectivity index (χ2n) is 3.91. The number of hydrogen-bond donors (Lipinski definition) is 2. The summed E-state index contributed by atoms with van der Waals surface area (Å²) in [5.41, 5.74) is 0. The van der Waals surface area contributed by atoms with Gasteiger partial charge in [0, 0.05) is 18.3 Å². The molecule has 2 heterocycles. The lowest BCUT2D eigenvalue weighted by molar-refractivity contribution is 0.398. The molecule has 1 fully saturated rings. The number of aliphatic imine (C=N–C) groups is 1. The average Bonchev–Trinajstić information content (AvgIpc) is 2.29. The van der Waals surface area contributed by atoms with E-state index in [4.69, 9.17) is 0 Å². The van der Waals surface area contributed by atoms with E-state index in [2.05, 4.69) is 15.6 Å². The third-order valence-electron chi connectivity index (χ3n) is 2.74. The molecule has 1 unspecified atom stereocenters. The molecule has 14 heavy (non-hydrogen) atoms. The SMILES string of the molecule is C1CCC(CNC2=NCCSC2)NC1. The lowest BCUT2D eigenvalue weighted by atomic mass is 10.1. The average molecular weight is 213 g/mol. The molecule has 0 aliphatic carbocycles. The molecular weight excluding hydrogens is 194 g/mol. The molecule has 2 N–H and O–H groups in total. The van der Waals surface area contributed by atoms with Crippen molar-refractivity contribution in [2.24, 2.45) is 4.99 Å². The number of rotatable bonds is 2. The highest BCUT2D eigenvalue weighted by atomic mass is 32.2. The number of piperidine rings is 1. The van der Waals surface area contributed by atoms with E-state index in [1.165, 1.54) is 37.4 Å². The van der Waals surface area contributed by atoms with Gasteiger partial charge in [0.25, 0.3) is 0 Å². The van der Waals surface area contributed by atoms with E-state index < -0.39 is 0 Å². The first kappa shape index (κ1) is 10.3. The van der Waals surface area contributed by atoms with E-state index >= 15 is 0 Å². The van der Waals surface area contributed by atoms with Crippen LogP contribution in [0, 0.1) is 0 Å². The number of nitrogens with one attached hydrogen (secondary N) is 2. The molecular formula is C10H19N3S. The Kier molecular flexibility index (Phi) is 4.13. The zero-order valence-corrected chi connectivity index (χ0v) is 9.41. The topological polar surface area (TPSA) is 36.4 Å². The summed E-state index contributed by atoms with van der Waals surface area (Å²) in [5.74, 6) is 3.47. The van der Waals surface area contributed by atoms with E-state index in [1.54, 1.807) is 0 Å². The highest BCUT2D eigenvalue weighted by Crippen LogP contribution is 2.07. The number of hydrogen-bond acceptors (Lipinski definition) is 4. The van der Waals surface area contributed by atoms with Crippen molar-refractivity contribution in [2.45, 2.75) is 25.3 Å². The zero-order valence-electron chi connectivity index (χ0n) is 8.59. The molecule has 2 aliphatic rings. The fourth-order valence-corrected chi connectivity index (χ4v) is 2.66. The van der Waals surface area contributed by atoms with Gasteiger partial charge in [0.15, 0.2) is 0 Å². The molecule has 3 nitrogen and oxygen atoms in total. The summed E-state index contributed by atoms with van der Waals surface area (Å²) < 4.78 is 0. The van der Waals surface area contributed by atoms with Gasteiger partial charge in [0.2, 0.25) is 0 Å². The Morgan fingerprint density at radius 3 is 3.21 bits per heavy atom. The van der Waals surface area contributed by atoms with Crippen LogP contribution >= 0.6 is 11.8 Å². The zero-order chi connectivity index (χ0) is 9.64. The number of nitrogens with zero attached hydrogens (tertiary/aromatic N) is 1. The molecule has 0 aromatic carbocycles. The van der Waals surface area contributed by atoms with Crippen LogP contribution in [0.1, 0.15) is 19.3 Å². The quantitative estimate of drug-likeness (QED) is 0.714. The Morgan fingerprint density at radius 1 is 1.50 bits per heavy atom. The van der Waals surface area contributed by atoms with Crippen LogP contribution in [-0.4, -0.2) is 43.0 Å². The molecule has 2 rings (SSSR count). The van der Waals surface area contributed by atoms with Gasteiger partial charge in [-0.1, -0.05) is 6.42 Å². The number of thioether (sulfide) groups is 1. The maximum atomic E-state index is 4.47. The van der Waals surface area contributed by atoms with Crippen LogP contribution < -0.4 is 10.6 Å². The first-order valence-corrected chi connectivity index (χ1v) is 6.69. The van der Waals surface area contributed by atoms with Crippen molar-refractivity contribution in [3.05, 3.63) is 0 Å². The molecule has 0 aromatic rings. The minimum Gasteiger partial charge on any atom is -0.372 e. The first-order chi connectivity index (χ1) is 6.95. The molecule has 2 aliphatic heterocycles. The Morgan fingerprint density at radius 2 is 2.50 bits per heavy atom. The fraction of sp³-hybridized carbons (Fsp3) is 0.900. The first-order valence-electron chi connectivity index (χ1n) is 5.53. The van der Waals surface area contributed by atoms with E-state index in [1.807, 2.05) is 11.8 Å². The van der Waals surface area contributed by atoms with Crippen LogP contribution in [0.5, 0.6) is 0 Å². The van der Waals surface area contributed by atoms with Gasteiger partial charge in [0.1, 0.15) is 5.84 Å². The maximum Gasteiger partial charge on any atom is 0.106 e. The molecule has 1 saturated heterocycles. The molecule has 0 bridgehead atoms. The maximum absolute atomic E-state index is 4.47. The van der Waals surface area contributed by atoms with Crippen LogP contribution in [0.4, 0.5) is 0 Å². The Bertz CT molecular complexity index is 200. The minimum absolute atomic E-state index is 0.665. The van der Waals surface area contributed by atoms with Crippen LogP contribution in [-0.2, 0) is 0 Å². The van der Waals surface area contributed by atoms with Crippen molar-refractivity contribution in [2.75, 3.05) is 31.1 Å². The van der Waals surface area contributed by atoms with Crippen LogP contribution in [0.3, 0.4) is 0 Å². The van der Waals surface area contributed by atoms with E-state index in [9.17, 15) is 0 Å². The van der Waals surface area contributed by atoms with Gasteiger partial charge in [-0.05, 0) is 19.4 Å². The Balaban J connectivity index is 1.67. The fourth-order valence-electron chi connectivity index (χ4n) is 1.91. The van der Waals surface area contributed by atoms with Crippen molar-refractivity contribution < 1.29 is 0 Å². The lowest BCUT2D eigenvalue weighted by Gasteiger charge is -2.25. The summed E-state index contributed by atoms with van der Waals surface area (Å²) in [6.45, 7) is 3.23. The normalized spacial score (nSPS) is 28.3. The molecule has 80 valence electrons. The standard InChI is InChI=1S/C10H19N3S/c1-2-4-11-9(3-1)7-13-10-8-14-6-5-12-10/h9,11H,1-8H2,(H,12,13). The van der Waals surface area contributed by atoms with E-state index in [0.717, 1.165) is 18.8 Å². The van der Waals surface area contributed by atoms with Gasteiger partial charge in [-0.3, -0.25) is 4.99 Å². The van der Waals surface area contributed by atoms with Crippen LogP contribution in [0.2, 0.25) is 0 Å². The van der Waals surface area contributed by atoms with Gasteiger partial charge < -0.3 is 10.6 Å². The monoisotopic (exact) mass is 213 g/mol. The smallest absolute Gasteiger partial charge is 0.106 e. The van der Waals surface area contributed by atoms with E-state index in [0.29, 0.717) is 6.04 Å². The molecule has 0 radical (unpaired) electrons. The summed E-state index contributed by atoms with van der Waals surface area (Å²) in [4.78, 5) is 4.47. The van der Waals surface area contributed by atoms with Crippen molar-refractivity contribution in [1.82, 2.24) is 10.6 Å². The van der Waals surface area contributed by atoms with Gasteiger partial charge in [0.05, 0.1) is 12.3 Å². The van der Waals surface area contributed by atoms with Crippen LogP contribution in [0.15, 0.2) is 4.99 Å². The van der Waals surface area contributed by atoms with Gasteiger partial charge >= 0.3 is 0 Å². The third-order valence-corrected chi connectivity index (χ3v) is 3.69. The number of amidine groups is 1.